The summed E-state index contributed by atoms with van der Waals surface area (Å²) in [5.74, 6) is 0. The van der Waals surface area contributed by atoms with Gasteiger partial charge in [0, 0.05) is 37.9 Å². The highest BCUT2D eigenvalue weighted by molar-refractivity contribution is 5.74. The summed E-state index contributed by atoms with van der Waals surface area (Å²) in [6, 6.07) is 10.7. The Kier molecular flexibility index (Phi) is 4.66. The van der Waals surface area contributed by atoms with E-state index >= 15 is 0 Å². The quantitative estimate of drug-likeness (QED) is 0.904. The van der Waals surface area contributed by atoms with Crippen molar-refractivity contribution < 1.29 is 4.79 Å². The standard InChI is InChI=1S/C15H23N3O/c1-3-17(4-2)15(19)18-11-10-14(12-18)16-13-8-6-5-7-9-13/h5-9,14,16H,3-4,10-12H2,1-2H3. The number of nitrogens with zero attached hydrogens (tertiary/aromatic N) is 2. The lowest BCUT2D eigenvalue weighted by Gasteiger charge is -2.26. The van der Waals surface area contributed by atoms with E-state index in [0.717, 1.165) is 38.3 Å². The van der Waals surface area contributed by atoms with Gasteiger partial charge in [-0.1, -0.05) is 18.2 Å². The maximum Gasteiger partial charge on any atom is 0.320 e. The fourth-order valence-electron chi connectivity index (χ4n) is 2.52. The summed E-state index contributed by atoms with van der Waals surface area (Å²) in [5.41, 5.74) is 1.13. The van der Waals surface area contributed by atoms with Gasteiger partial charge in [0.05, 0.1) is 0 Å². The summed E-state index contributed by atoms with van der Waals surface area (Å²) >= 11 is 0. The number of likely N-dealkylation sites (tertiary alicyclic amines) is 1. The van der Waals surface area contributed by atoms with E-state index in [9.17, 15) is 4.79 Å². The van der Waals surface area contributed by atoms with Crippen molar-refractivity contribution in [3.63, 3.8) is 0 Å². The third-order valence-electron chi connectivity index (χ3n) is 3.64. The predicted molar refractivity (Wildman–Crippen MR) is 78.4 cm³/mol. The van der Waals surface area contributed by atoms with Gasteiger partial charge >= 0.3 is 6.03 Å². The molecule has 1 aliphatic rings. The van der Waals surface area contributed by atoms with Gasteiger partial charge in [0.1, 0.15) is 0 Å². The van der Waals surface area contributed by atoms with Gasteiger partial charge in [0.15, 0.2) is 0 Å². The van der Waals surface area contributed by atoms with E-state index in [-0.39, 0.29) is 6.03 Å². The largest absolute Gasteiger partial charge is 0.380 e. The monoisotopic (exact) mass is 261 g/mol. The van der Waals surface area contributed by atoms with Crippen molar-refractivity contribution in [3.8, 4) is 0 Å². The van der Waals surface area contributed by atoms with Crippen LogP contribution in [0.4, 0.5) is 10.5 Å². The molecule has 2 amide bonds. The summed E-state index contributed by atoms with van der Waals surface area (Å²) < 4.78 is 0. The molecule has 19 heavy (non-hydrogen) atoms. The van der Waals surface area contributed by atoms with Crippen LogP contribution in [-0.2, 0) is 0 Å². The van der Waals surface area contributed by atoms with E-state index in [1.807, 2.05) is 41.8 Å². The van der Waals surface area contributed by atoms with Crippen molar-refractivity contribution in [2.75, 3.05) is 31.5 Å². The molecular formula is C15H23N3O. The molecule has 0 bridgehead atoms. The first kappa shape index (κ1) is 13.7. The number of hydrogen-bond acceptors (Lipinski definition) is 2. The van der Waals surface area contributed by atoms with Crippen LogP contribution in [0.1, 0.15) is 20.3 Å². The number of carbonyl (C=O) groups is 1. The van der Waals surface area contributed by atoms with Crippen LogP contribution in [0.2, 0.25) is 0 Å². The van der Waals surface area contributed by atoms with Crippen LogP contribution >= 0.6 is 0 Å². The summed E-state index contributed by atoms with van der Waals surface area (Å²) in [7, 11) is 0. The SMILES string of the molecule is CCN(CC)C(=O)N1CCC(Nc2ccccc2)C1. The molecule has 0 saturated carbocycles. The zero-order valence-corrected chi connectivity index (χ0v) is 11.8. The molecule has 1 aromatic rings. The van der Waals surface area contributed by atoms with Gasteiger partial charge in [-0.3, -0.25) is 0 Å². The fourth-order valence-corrected chi connectivity index (χ4v) is 2.52. The number of amides is 2. The molecule has 4 heteroatoms. The Balaban J connectivity index is 1.88. The van der Waals surface area contributed by atoms with Crippen molar-refractivity contribution in [3.05, 3.63) is 30.3 Å². The Morgan fingerprint density at radius 2 is 2.00 bits per heavy atom. The first-order valence-corrected chi connectivity index (χ1v) is 7.10. The molecule has 0 spiro atoms. The Morgan fingerprint density at radius 1 is 1.32 bits per heavy atom. The molecule has 1 N–H and O–H groups in total. The van der Waals surface area contributed by atoms with Gasteiger partial charge in [-0.2, -0.15) is 0 Å². The van der Waals surface area contributed by atoms with Crippen LogP contribution in [0.3, 0.4) is 0 Å². The van der Waals surface area contributed by atoms with Gasteiger partial charge in [-0.15, -0.1) is 0 Å². The fraction of sp³-hybridized carbons (Fsp3) is 0.533. The number of benzene rings is 1. The second-order valence-electron chi connectivity index (χ2n) is 4.90. The van der Waals surface area contributed by atoms with Gasteiger partial charge in [-0.05, 0) is 32.4 Å². The molecule has 104 valence electrons. The lowest BCUT2D eigenvalue weighted by molar-refractivity contribution is 0.167. The minimum atomic E-state index is 0.169. The van der Waals surface area contributed by atoms with Gasteiger partial charge < -0.3 is 15.1 Å². The molecule has 1 aromatic carbocycles. The second-order valence-corrected chi connectivity index (χ2v) is 4.90. The summed E-state index contributed by atoms with van der Waals surface area (Å²) in [6.45, 7) is 7.25. The minimum absolute atomic E-state index is 0.169. The molecule has 2 rings (SSSR count). The average molecular weight is 261 g/mol. The van der Waals surface area contributed by atoms with E-state index in [0.29, 0.717) is 6.04 Å². The molecule has 1 unspecified atom stereocenters. The maximum absolute atomic E-state index is 12.2. The smallest absolute Gasteiger partial charge is 0.320 e. The number of carbonyl (C=O) groups excluding carboxylic acids is 1. The molecule has 4 nitrogen and oxygen atoms in total. The van der Waals surface area contributed by atoms with Crippen molar-refractivity contribution in [1.82, 2.24) is 9.80 Å². The Labute approximate surface area is 115 Å². The van der Waals surface area contributed by atoms with E-state index in [2.05, 4.69) is 17.4 Å². The van der Waals surface area contributed by atoms with Crippen LogP contribution in [0.25, 0.3) is 0 Å². The highest BCUT2D eigenvalue weighted by atomic mass is 16.2. The summed E-state index contributed by atoms with van der Waals surface area (Å²) in [5, 5.41) is 3.49. The maximum atomic E-state index is 12.2. The predicted octanol–water partition coefficient (Wildman–Crippen LogP) is 2.63. The lowest BCUT2D eigenvalue weighted by Crippen LogP contribution is -2.42. The average Bonchev–Trinajstić information content (AvgIpc) is 2.89. The highest BCUT2D eigenvalue weighted by Gasteiger charge is 2.28. The molecule has 1 aliphatic heterocycles. The lowest BCUT2D eigenvalue weighted by atomic mass is 10.2. The molecule has 1 heterocycles. The van der Waals surface area contributed by atoms with Crippen molar-refractivity contribution in [1.29, 1.82) is 0 Å². The molecule has 0 aromatic heterocycles. The van der Waals surface area contributed by atoms with Crippen LogP contribution in [0, 0.1) is 0 Å². The van der Waals surface area contributed by atoms with Crippen molar-refractivity contribution in [2.45, 2.75) is 26.3 Å². The van der Waals surface area contributed by atoms with Crippen LogP contribution in [0.15, 0.2) is 30.3 Å². The van der Waals surface area contributed by atoms with Crippen LogP contribution in [-0.4, -0.2) is 48.1 Å². The van der Waals surface area contributed by atoms with E-state index in [1.54, 1.807) is 0 Å². The second kappa shape index (κ2) is 6.45. The van der Waals surface area contributed by atoms with Crippen LogP contribution < -0.4 is 5.32 Å². The Morgan fingerprint density at radius 3 is 2.63 bits per heavy atom. The Bertz CT molecular complexity index is 403. The molecule has 1 fully saturated rings. The number of nitrogens with one attached hydrogen (secondary N) is 1. The normalized spacial score (nSPS) is 18.4. The number of para-hydroxylation sites is 1. The first-order chi connectivity index (χ1) is 9.24. The first-order valence-electron chi connectivity index (χ1n) is 7.10. The van der Waals surface area contributed by atoms with Gasteiger partial charge in [0.25, 0.3) is 0 Å². The number of rotatable bonds is 4. The third-order valence-corrected chi connectivity index (χ3v) is 3.64. The van der Waals surface area contributed by atoms with Gasteiger partial charge in [0.2, 0.25) is 0 Å². The third kappa shape index (κ3) is 3.40. The highest BCUT2D eigenvalue weighted by Crippen LogP contribution is 2.16. The van der Waals surface area contributed by atoms with Crippen molar-refractivity contribution in [2.24, 2.45) is 0 Å². The number of urea groups is 1. The van der Waals surface area contributed by atoms with Gasteiger partial charge in [-0.25, -0.2) is 4.79 Å². The Hall–Kier alpha value is -1.71. The zero-order chi connectivity index (χ0) is 13.7. The molecule has 0 aliphatic carbocycles. The summed E-state index contributed by atoms with van der Waals surface area (Å²) in [6.07, 6.45) is 1.02. The number of hydrogen-bond donors (Lipinski definition) is 1. The van der Waals surface area contributed by atoms with E-state index < -0.39 is 0 Å². The topological polar surface area (TPSA) is 35.6 Å². The molecule has 1 atom stereocenters. The minimum Gasteiger partial charge on any atom is -0.380 e. The zero-order valence-electron chi connectivity index (χ0n) is 11.8. The van der Waals surface area contributed by atoms with E-state index in [1.165, 1.54) is 0 Å². The summed E-state index contributed by atoms with van der Waals surface area (Å²) in [4.78, 5) is 16.1. The van der Waals surface area contributed by atoms with Crippen LogP contribution in [0.5, 0.6) is 0 Å². The van der Waals surface area contributed by atoms with Crippen molar-refractivity contribution >= 4 is 11.7 Å². The number of anilines is 1. The molecule has 0 radical (unpaired) electrons. The molecular weight excluding hydrogens is 238 g/mol. The molecule has 1 saturated heterocycles. The van der Waals surface area contributed by atoms with E-state index in [4.69, 9.17) is 0 Å².